The van der Waals surface area contributed by atoms with Gasteiger partial charge in [0.2, 0.25) is 0 Å². The second-order valence-electron chi connectivity index (χ2n) is 5.92. The lowest BCUT2D eigenvalue weighted by atomic mass is 9.89. The van der Waals surface area contributed by atoms with E-state index in [1.54, 1.807) is 0 Å². The Hall–Kier alpha value is -1.61. The zero-order valence-electron chi connectivity index (χ0n) is 13.9. The number of nitrogens with zero attached hydrogens (tertiary/aromatic N) is 1. The fourth-order valence-electron chi connectivity index (χ4n) is 3.09. The summed E-state index contributed by atoms with van der Waals surface area (Å²) < 4.78 is 0. The van der Waals surface area contributed by atoms with Gasteiger partial charge in [0.15, 0.2) is 0 Å². The quantitative estimate of drug-likeness (QED) is 0.923. The minimum absolute atomic E-state index is 0.154. The minimum Gasteiger partial charge on any atom is -0.481 e. The highest BCUT2D eigenvalue weighted by Crippen LogP contribution is 2.27. The van der Waals surface area contributed by atoms with Crippen molar-refractivity contribution in [3.05, 3.63) is 40.5 Å². The van der Waals surface area contributed by atoms with Crippen molar-refractivity contribution >= 4 is 12.0 Å². The van der Waals surface area contributed by atoms with Crippen molar-refractivity contribution in [2.45, 2.75) is 40.0 Å². The van der Waals surface area contributed by atoms with E-state index < -0.39 is 5.97 Å². The molecule has 1 aliphatic carbocycles. The van der Waals surface area contributed by atoms with E-state index in [1.165, 1.54) is 22.3 Å². The fraction of sp³-hybridized carbons (Fsp3) is 0.526. The zero-order chi connectivity index (χ0) is 16.1. The number of hydrogen-bond donors (Lipinski definition) is 1. The van der Waals surface area contributed by atoms with Crippen molar-refractivity contribution in [1.82, 2.24) is 4.90 Å². The number of fused-ring (bicyclic) bond motifs is 1. The molecule has 0 bridgehead atoms. The third-order valence-electron chi connectivity index (χ3n) is 4.42. The topological polar surface area (TPSA) is 40.5 Å². The molecule has 3 heteroatoms. The number of carboxylic acid groups (broad SMARTS) is 1. The molecule has 0 saturated carbocycles. The second-order valence-corrected chi connectivity index (χ2v) is 5.92. The summed E-state index contributed by atoms with van der Waals surface area (Å²) in [5.74, 6) is -0.810. The SMILES string of the molecule is CC.CCc1ccc2c(c1)CCC(CN1CC(C(=O)O)C1)=C2. The molecule has 0 unspecified atom stereocenters. The molecule has 120 valence electrons. The van der Waals surface area contributed by atoms with Gasteiger partial charge in [-0.1, -0.05) is 50.6 Å². The van der Waals surface area contributed by atoms with Crippen LogP contribution in [-0.4, -0.2) is 35.6 Å². The normalized spacial score (nSPS) is 17.7. The molecule has 1 fully saturated rings. The van der Waals surface area contributed by atoms with Crippen molar-refractivity contribution in [3.63, 3.8) is 0 Å². The first kappa shape index (κ1) is 16.8. The van der Waals surface area contributed by atoms with Crippen LogP contribution in [0.15, 0.2) is 23.8 Å². The third kappa shape index (κ3) is 3.77. The van der Waals surface area contributed by atoms with Crippen LogP contribution in [0, 0.1) is 5.92 Å². The second kappa shape index (κ2) is 7.59. The number of rotatable bonds is 4. The fourth-order valence-corrected chi connectivity index (χ4v) is 3.09. The molecule has 0 radical (unpaired) electrons. The molecule has 0 amide bonds. The van der Waals surface area contributed by atoms with Gasteiger partial charge in [0.25, 0.3) is 0 Å². The van der Waals surface area contributed by atoms with E-state index in [4.69, 9.17) is 5.11 Å². The van der Waals surface area contributed by atoms with Gasteiger partial charge in [-0.05, 0) is 36.0 Å². The number of aliphatic carboxylic acids is 1. The monoisotopic (exact) mass is 301 g/mol. The molecule has 0 aromatic heterocycles. The lowest BCUT2D eigenvalue weighted by Crippen LogP contribution is -2.50. The summed E-state index contributed by atoms with van der Waals surface area (Å²) in [6.07, 6.45) is 5.61. The maximum absolute atomic E-state index is 10.8. The standard InChI is InChI=1S/C17H21NO2.C2H6/c1-2-12-3-5-15-8-13(4-6-14(15)7-12)9-18-10-16(11-18)17(19)20;1-2/h3,5,7-8,16H,2,4,6,9-11H2,1H3,(H,19,20);1-2H3. The zero-order valence-corrected chi connectivity index (χ0v) is 13.9. The van der Waals surface area contributed by atoms with Gasteiger partial charge in [-0.25, -0.2) is 0 Å². The van der Waals surface area contributed by atoms with Crippen molar-refractivity contribution in [1.29, 1.82) is 0 Å². The molecule has 1 aromatic rings. The number of likely N-dealkylation sites (tertiary alicyclic amines) is 1. The van der Waals surface area contributed by atoms with Crippen LogP contribution in [-0.2, 0) is 17.6 Å². The summed E-state index contributed by atoms with van der Waals surface area (Å²) in [5.41, 5.74) is 5.65. The number of benzene rings is 1. The van der Waals surface area contributed by atoms with Crippen molar-refractivity contribution in [3.8, 4) is 0 Å². The highest BCUT2D eigenvalue weighted by Gasteiger charge is 2.32. The van der Waals surface area contributed by atoms with E-state index in [1.807, 2.05) is 13.8 Å². The maximum atomic E-state index is 10.8. The predicted octanol–water partition coefficient (Wildman–Crippen LogP) is 3.62. The lowest BCUT2D eigenvalue weighted by molar-refractivity contribution is -0.147. The highest BCUT2D eigenvalue weighted by molar-refractivity contribution is 5.71. The molecule has 3 rings (SSSR count). The van der Waals surface area contributed by atoms with E-state index in [0.29, 0.717) is 13.1 Å². The molecular weight excluding hydrogens is 274 g/mol. The molecule has 22 heavy (non-hydrogen) atoms. The van der Waals surface area contributed by atoms with E-state index in [-0.39, 0.29) is 5.92 Å². The van der Waals surface area contributed by atoms with E-state index in [9.17, 15) is 4.79 Å². The summed E-state index contributed by atoms with van der Waals surface area (Å²) in [4.78, 5) is 13.0. The Labute approximate surface area is 133 Å². The Kier molecular flexibility index (Phi) is 5.78. The van der Waals surface area contributed by atoms with E-state index in [2.05, 4.69) is 36.1 Å². The van der Waals surface area contributed by atoms with Gasteiger partial charge < -0.3 is 5.11 Å². The molecule has 3 nitrogen and oxygen atoms in total. The van der Waals surface area contributed by atoms with Crippen molar-refractivity contribution in [2.24, 2.45) is 5.92 Å². The van der Waals surface area contributed by atoms with Crippen LogP contribution in [0.3, 0.4) is 0 Å². The van der Waals surface area contributed by atoms with Crippen molar-refractivity contribution in [2.75, 3.05) is 19.6 Å². The van der Waals surface area contributed by atoms with Crippen LogP contribution in [0.1, 0.15) is 43.9 Å². The van der Waals surface area contributed by atoms with Crippen LogP contribution in [0.4, 0.5) is 0 Å². The molecule has 1 saturated heterocycles. The van der Waals surface area contributed by atoms with Crippen LogP contribution < -0.4 is 0 Å². The lowest BCUT2D eigenvalue weighted by Gasteiger charge is -2.37. The van der Waals surface area contributed by atoms with Gasteiger partial charge in [0, 0.05) is 19.6 Å². The van der Waals surface area contributed by atoms with Crippen molar-refractivity contribution < 1.29 is 9.90 Å². The largest absolute Gasteiger partial charge is 0.481 e. The van der Waals surface area contributed by atoms with E-state index >= 15 is 0 Å². The molecule has 1 aromatic carbocycles. The summed E-state index contributed by atoms with van der Waals surface area (Å²) >= 11 is 0. The minimum atomic E-state index is -0.656. The first-order chi connectivity index (χ1) is 10.7. The Morgan fingerprint density at radius 3 is 2.64 bits per heavy atom. The van der Waals surface area contributed by atoms with Crippen LogP contribution >= 0.6 is 0 Å². The first-order valence-electron chi connectivity index (χ1n) is 8.42. The number of carboxylic acids is 1. The molecule has 0 spiro atoms. The maximum Gasteiger partial charge on any atom is 0.309 e. The van der Waals surface area contributed by atoms with Gasteiger partial charge in [-0.2, -0.15) is 0 Å². The van der Waals surface area contributed by atoms with Gasteiger partial charge in [-0.3, -0.25) is 9.69 Å². The Balaban J connectivity index is 0.000000847. The first-order valence-corrected chi connectivity index (χ1v) is 8.42. The highest BCUT2D eigenvalue weighted by atomic mass is 16.4. The molecule has 1 N–H and O–H groups in total. The van der Waals surface area contributed by atoms with Gasteiger partial charge in [-0.15, -0.1) is 0 Å². The summed E-state index contributed by atoms with van der Waals surface area (Å²) in [7, 11) is 0. The van der Waals surface area contributed by atoms with Crippen LogP contribution in [0.5, 0.6) is 0 Å². The average molecular weight is 301 g/mol. The van der Waals surface area contributed by atoms with Gasteiger partial charge in [0.05, 0.1) is 5.92 Å². The third-order valence-corrected chi connectivity index (χ3v) is 4.42. The average Bonchev–Trinajstić information content (AvgIpc) is 2.51. The number of hydrogen-bond acceptors (Lipinski definition) is 2. The van der Waals surface area contributed by atoms with Gasteiger partial charge in [0.1, 0.15) is 0 Å². The van der Waals surface area contributed by atoms with Crippen LogP contribution in [0.2, 0.25) is 0 Å². The molecule has 1 heterocycles. The molecule has 2 aliphatic rings. The molecule has 0 atom stereocenters. The Morgan fingerprint density at radius 1 is 1.27 bits per heavy atom. The summed E-state index contributed by atoms with van der Waals surface area (Å²) in [5, 5.41) is 8.90. The smallest absolute Gasteiger partial charge is 0.309 e. The van der Waals surface area contributed by atoms with Crippen LogP contribution in [0.25, 0.3) is 6.08 Å². The predicted molar refractivity (Wildman–Crippen MR) is 91.0 cm³/mol. The molecular formula is C19H27NO2. The molecule has 1 aliphatic heterocycles. The summed E-state index contributed by atoms with van der Waals surface area (Å²) in [6.45, 7) is 8.52. The number of carbonyl (C=O) groups is 1. The van der Waals surface area contributed by atoms with E-state index in [0.717, 1.165) is 25.8 Å². The number of aryl methyl sites for hydroxylation is 2. The van der Waals surface area contributed by atoms with Gasteiger partial charge >= 0.3 is 5.97 Å². The Morgan fingerprint density at radius 2 is 2.00 bits per heavy atom. The Bertz CT molecular complexity index is 557. The summed E-state index contributed by atoms with van der Waals surface area (Å²) in [6, 6.07) is 6.76.